The third-order valence-electron chi connectivity index (χ3n) is 3.12. The molecule has 0 aliphatic rings. The average molecular weight is 329 g/mol. The highest BCUT2D eigenvalue weighted by atomic mass is 32.2. The summed E-state index contributed by atoms with van der Waals surface area (Å²) in [6, 6.07) is 11.7. The molecule has 0 unspecified atom stereocenters. The monoisotopic (exact) mass is 329 g/mol. The van der Waals surface area contributed by atoms with Gasteiger partial charge in [-0.25, -0.2) is 4.98 Å². The first-order valence-electron chi connectivity index (χ1n) is 6.52. The van der Waals surface area contributed by atoms with Crippen molar-refractivity contribution in [1.29, 1.82) is 0 Å². The maximum absolute atomic E-state index is 11.7. The summed E-state index contributed by atoms with van der Waals surface area (Å²) in [6.45, 7) is 0. The second-order valence-electron chi connectivity index (χ2n) is 4.60. The summed E-state index contributed by atoms with van der Waals surface area (Å²) in [7, 11) is -1.36. The van der Waals surface area contributed by atoms with E-state index >= 15 is 0 Å². The molecule has 0 saturated carbocycles. The molecule has 23 heavy (non-hydrogen) atoms. The van der Waals surface area contributed by atoms with E-state index in [2.05, 4.69) is 15.2 Å². The summed E-state index contributed by atoms with van der Waals surface area (Å²) in [5.41, 5.74) is 0.745. The molecule has 0 spiro atoms. The number of pyridine rings is 1. The van der Waals surface area contributed by atoms with Crippen LogP contribution in [0.2, 0.25) is 0 Å². The second-order valence-corrected chi connectivity index (χ2v) is 5.87. The van der Waals surface area contributed by atoms with Crippen molar-refractivity contribution in [1.82, 2.24) is 19.7 Å². The van der Waals surface area contributed by atoms with Crippen LogP contribution in [0.25, 0.3) is 17.1 Å². The van der Waals surface area contributed by atoms with Gasteiger partial charge in [0.1, 0.15) is 12.1 Å². The largest absolute Gasteiger partial charge is 0.295 e. The Morgan fingerprint density at radius 2 is 1.91 bits per heavy atom. The number of nitro groups is 1. The quantitative estimate of drug-likeness (QED) is 0.535. The predicted octanol–water partition coefficient (Wildman–Crippen LogP) is 1.97. The lowest BCUT2D eigenvalue weighted by molar-refractivity contribution is -0.384. The van der Waals surface area contributed by atoms with Crippen LogP contribution < -0.4 is 0 Å². The van der Waals surface area contributed by atoms with E-state index in [-0.39, 0.29) is 16.5 Å². The van der Waals surface area contributed by atoms with Crippen LogP contribution in [-0.4, -0.2) is 35.1 Å². The average Bonchev–Trinajstić information content (AvgIpc) is 3.05. The van der Waals surface area contributed by atoms with Crippen LogP contribution in [0.15, 0.2) is 53.9 Å². The molecule has 3 aromatic rings. The maximum atomic E-state index is 11.7. The zero-order valence-electron chi connectivity index (χ0n) is 12.0. The van der Waals surface area contributed by atoms with E-state index in [0.29, 0.717) is 11.4 Å². The summed E-state index contributed by atoms with van der Waals surface area (Å²) >= 11 is 0. The number of nitrogens with zero attached hydrogens (tertiary/aromatic N) is 5. The molecule has 1 atom stereocenters. The van der Waals surface area contributed by atoms with Gasteiger partial charge in [-0.15, -0.1) is 10.2 Å². The van der Waals surface area contributed by atoms with E-state index < -0.39 is 15.7 Å². The summed E-state index contributed by atoms with van der Waals surface area (Å²) in [5.74, 6) is 0.365. The van der Waals surface area contributed by atoms with Crippen LogP contribution in [0.3, 0.4) is 0 Å². The highest BCUT2D eigenvalue weighted by molar-refractivity contribution is 7.84. The van der Waals surface area contributed by atoms with Gasteiger partial charge in [-0.1, -0.05) is 30.3 Å². The van der Waals surface area contributed by atoms with Crippen LogP contribution >= 0.6 is 0 Å². The number of hydrogen-bond donors (Lipinski definition) is 0. The second kappa shape index (κ2) is 6.05. The molecular weight excluding hydrogens is 318 g/mol. The van der Waals surface area contributed by atoms with Gasteiger partial charge in [0, 0.05) is 17.9 Å². The molecular formula is C14H11N5O3S. The lowest BCUT2D eigenvalue weighted by atomic mass is 10.1. The first-order valence-corrected chi connectivity index (χ1v) is 8.08. The minimum atomic E-state index is -1.36. The first-order chi connectivity index (χ1) is 11.1. The fraction of sp³-hybridized carbons (Fsp3) is 0.0714. The van der Waals surface area contributed by atoms with Crippen molar-refractivity contribution in [2.24, 2.45) is 0 Å². The van der Waals surface area contributed by atoms with Crippen molar-refractivity contribution in [2.75, 3.05) is 6.26 Å². The maximum Gasteiger partial charge on any atom is 0.295 e. The van der Waals surface area contributed by atoms with Crippen LogP contribution in [0.4, 0.5) is 5.69 Å². The minimum absolute atomic E-state index is 0.104. The van der Waals surface area contributed by atoms with Crippen molar-refractivity contribution in [3.05, 3.63) is 58.9 Å². The fourth-order valence-corrected chi connectivity index (χ4v) is 2.69. The van der Waals surface area contributed by atoms with Crippen molar-refractivity contribution in [3.63, 3.8) is 0 Å². The zero-order chi connectivity index (χ0) is 16.4. The van der Waals surface area contributed by atoms with Gasteiger partial charge in [0.05, 0.1) is 15.7 Å². The normalized spacial score (nSPS) is 12.0. The third kappa shape index (κ3) is 2.86. The summed E-state index contributed by atoms with van der Waals surface area (Å²) in [4.78, 5) is 15.1. The molecule has 116 valence electrons. The topological polar surface area (TPSA) is 104 Å². The number of rotatable bonds is 4. The lowest BCUT2D eigenvalue weighted by Crippen LogP contribution is -2.05. The Hall–Kier alpha value is -2.94. The molecule has 8 nitrogen and oxygen atoms in total. The molecule has 0 fully saturated rings. The van der Waals surface area contributed by atoms with E-state index in [4.69, 9.17) is 0 Å². The molecule has 0 radical (unpaired) electrons. The molecule has 0 aliphatic carbocycles. The van der Waals surface area contributed by atoms with Gasteiger partial charge in [-0.05, 0) is 6.07 Å². The van der Waals surface area contributed by atoms with Crippen LogP contribution in [0, 0.1) is 10.1 Å². The van der Waals surface area contributed by atoms with Gasteiger partial charge >= 0.3 is 0 Å². The Labute approximate surface area is 133 Å². The Morgan fingerprint density at radius 1 is 1.17 bits per heavy atom. The predicted molar refractivity (Wildman–Crippen MR) is 83.6 cm³/mol. The highest BCUT2D eigenvalue weighted by Gasteiger charge is 2.19. The highest BCUT2D eigenvalue weighted by Crippen LogP contribution is 2.29. The van der Waals surface area contributed by atoms with Crippen LogP contribution in [-0.2, 0) is 10.8 Å². The molecule has 9 heteroatoms. The van der Waals surface area contributed by atoms with Crippen molar-refractivity contribution >= 4 is 16.5 Å². The first kappa shape index (κ1) is 15.0. The van der Waals surface area contributed by atoms with E-state index in [1.165, 1.54) is 29.3 Å². The molecule has 0 amide bonds. The summed E-state index contributed by atoms with van der Waals surface area (Å²) in [5, 5.41) is 19.0. The molecule has 2 aromatic heterocycles. The molecule has 1 aromatic carbocycles. The van der Waals surface area contributed by atoms with E-state index in [1.54, 1.807) is 24.3 Å². The Morgan fingerprint density at radius 3 is 2.57 bits per heavy atom. The SMILES string of the molecule is C[S@](=O)c1nncn1-c1ccc([N+](=O)[O-])c(-c2ccccc2)n1. The number of benzene rings is 1. The van der Waals surface area contributed by atoms with Gasteiger partial charge in [0.15, 0.2) is 5.69 Å². The Kier molecular flexibility index (Phi) is 3.94. The molecule has 0 aliphatic heterocycles. The summed E-state index contributed by atoms with van der Waals surface area (Å²) < 4.78 is 13.1. The lowest BCUT2D eigenvalue weighted by Gasteiger charge is -2.07. The Balaban J connectivity index is 2.20. The molecule has 0 N–H and O–H groups in total. The van der Waals surface area contributed by atoms with E-state index in [1.807, 2.05) is 6.07 Å². The molecule has 0 bridgehead atoms. The fourth-order valence-electron chi connectivity index (χ4n) is 2.11. The van der Waals surface area contributed by atoms with Crippen LogP contribution in [0.1, 0.15) is 0 Å². The van der Waals surface area contributed by atoms with E-state index in [9.17, 15) is 14.3 Å². The van der Waals surface area contributed by atoms with Crippen molar-refractivity contribution < 1.29 is 9.13 Å². The summed E-state index contributed by atoms with van der Waals surface area (Å²) in [6.07, 6.45) is 2.85. The third-order valence-corrected chi connectivity index (χ3v) is 3.92. The number of hydrogen-bond acceptors (Lipinski definition) is 6. The van der Waals surface area contributed by atoms with Crippen LogP contribution in [0.5, 0.6) is 0 Å². The smallest absolute Gasteiger partial charge is 0.258 e. The van der Waals surface area contributed by atoms with Gasteiger partial charge in [-0.2, -0.15) is 0 Å². The number of aromatic nitrogens is 4. The van der Waals surface area contributed by atoms with Gasteiger partial charge in [-0.3, -0.25) is 18.9 Å². The molecule has 0 saturated heterocycles. The molecule has 2 heterocycles. The van der Waals surface area contributed by atoms with E-state index in [0.717, 1.165) is 0 Å². The minimum Gasteiger partial charge on any atom is -0.258 e. The van der Waals surface area contributed by atoms with Gasteiger partial charge in [0.2, 0.25) is 5.16 Å². The molecule has 3 rings (SSSR count). The van der Waals surface area contributed by atoms with Crippen molar-refractivity contribution in [2.45, 2.75) is 5.16 Å². The Bertz CT molecular complexity index is 894. The standard InChI is InChI=1S/C14H11N5O3S/c1-23(22)14-17-15-9-18(14)12-8-7-11(19(20)21)13(16-12)10-5-3-2-4-6-10/h2-9H,1H3/t23-/m0/s1. The van der Waals surface area contributed by atoms with Gasteiger partial charge in [0.25, 0.3) is 5.69 Å². The zero-order valence-corrected chi connectivity index (χ0v) is 12.8. The van der Waals surface area contributed by atoms with Crippen molar-refractivity contribution in [3.8, 4) is 17.1 Å². The van der Waals surface area contributed by atoms with Gasteiger partial charge < -0.3 is 0 Å².